The number of fused-ring (bicyclic) bond motifs is 1. The van der Waals surface area contributed by atoms with Gasteiger partial charge in [-0.2, -0.15) is 0 Å². The molecule has 7 nitrogen and oxygen atoms in total. The molecular formula is C12H16N4O3. The Hall–Kier alpha value is -1.73. The summed E-state index contributed by atoms with van der Waals surface area (Å²) in [5.41, 5.74) is -0.429. The molecule has 0 amide bonds. The minimum absolute atomic E-state index is 0.191. The van der Waals surface area contributed by atoms with E-state index in [0.29, 0.717) is 24.4 Å². The van der Waals surface area contributed by atoms with Gasteiger partial charge in [-0.25, -0.2) is 4.98 Å². The Bertz CT molecular complexity index is 604. The number of ether oxygens (including phenoxy) is 1. The van der Waals surface area contributed by atoms with Crippen molar-refractivity contribution in [1.29, 1.82) is 0 Å². The van der Waals surface area contributed by atoms with Crippen molar-refractivity contribution in [2.45, 2.75) is 31.8 Å². The lowest BCUT2D eigenvalue weighted by atomic mass is 10.00. The molecule has 0 bridgehead atoms. The summed E-state index contributed by atoms with van der Waals surface area (Å²) in [6.45, 7) is 2.72. The Kier molecular flexibility index (Phi) is 2.87. The van der Waals surface area contributed by atoms with E-state index in [2.05, 4.69) is 15.2 Å². The number of aliphatic hydroxyl groups is 1. The van der Waals surface area contributed by atoms with Crippen molar-refractivity contribution in [3.05, 3.63) is 17.7 Å². The van der Waals surface area contributed by atoms with Crippen molar-refractivity contribution < 1.29 is 14.9 Å². The second kappa shape index (κ2) is 4.43. The van der Waals surface area contributed by atoms with E-state index < -0.39 is 5.60 Å². The van der Waals surface area contributed by atoms with Gasteiger partial charge in [-0.05, 0) is 6.42 Å². The van der Waals surface area contributed by atoms with Crippen molar-refractivity contribution in [2.75, 3.05) is 13.2 Å². The summed E-state index contributed by atoms with van der Waals surface area (Å²) in [5.74, 6) is 0.534. The number of rotatable bonds is 3. The molecule has 1 saturated heterocycles. The zero-order valence-electron chi connectivity index (χ0n) is 10.7. The van der Waals surface area contributed by atoms with Crippen molar-refractivity contribution in [2.24, 2.45) is 0 Å². The zero-order valence-corrected chi connectivity index (χ0v) is 10.7. The van der Waals surface area contributed by atoms with Crippen molar-refractivity contribution in [3.63, 3.8) is 0 Å². The van der Waals surface area contributed by atoms with Crippen LogP contribution < -0.4 is 0 Å². The highest BCUT2D eigenvalue weighted by Crippen LogP contribution is 2.30. The summed E-state index contributed by atoms with van der Waals surface area (Å²) in [6.07, 6.45) is 3.83. The van der Waals surface area contributed by atoms with Gasteiger partial charge < -0.3 is 14.9 Å². The molecule has 1 fully saturated rings. The van der Waals surface area contributed by atoms with E-state index in [9.17, 15) is 10.2 Å². The third-order valence-electron chi connectivity index (χ3n) is 3.40. The molecule has 3 rings (SSSR count). The van der Waals surface area contributed by atoms with Gasteiger partial charge in [-0.1, -0.05) is 6.92 Å². The van der Waals surface area contributed by atoms with E-state index in [4.69, 9.17) is 4.74 Å². The van der Waals surface area contributed by atoms with Crippen LogP contribution >= 0.6 is 0 Å². The van der Waals surface area contributed by atoms with Crippen LogP contribution in [0.4, 0.5) is 0 Å². The Labute approximate surface area is 109 Å². The van der Waals surface area contributed by atoms with Crippen LogP contribution in [0.15, 0.2) is 6.20 Å². The molecule has 19 heavy (non-hydrogen) atoms. The van der Waals surface area contributed by atoms with Crippen LogP contribution in [0.1, 0.15) is 31.3 Å². The molecule has 102 valence electrons. The monoisotopic (exact) mass is 264 g/mol. The van der Waals surface area contributed by atoms with E-state index in [-0.39, 0.29) is 12.5 Å². The van der Waals surface area contributed by atoms with E-state index in [1.54, 1.807) is 10.6 Å². The number of nitrogens with zero attached hydrogens (tertiary/aromatic N) is 4. The van der Waals surface area contributed by atoms with E-state index >= 15 is 0 Å². The molecule has 0 radical (unpaired) electrons. The SMILES string of the molecule is CCCc1nnc2c(O)nc(C3(O)CCOC3)cn12. The fourth-order valence-corrected chi connectivity index (χ4v) is 2.30. The average Bonchev–Trinajstić information content (AvgIpc) is 2.98. The van der Waals surface area contributed by atoms with E-state index in [1.807, 2.05) is 6.92 Å². The van der Waals surface area contributed by atoms with Crippen LogP contribution in [0.3, 0.4) is 0 Å². The van der Waals surface area contributed by atoms with Gasteiger partial charge in [0.15, 0.2) is 0 Å². The third kappa shape index (κ3) is 1.95. The minimum atomic E-state index is -1.14. The Balaban J connectivity index is 2.13. The summed E-state index contributed by atoms with van der Waals surface area (Å²) in [5, 5.41) is 28.3. The highest BCUT2D eigenvalue weighted by molar-refractivity contribution is 5.48. The second-order valence-electron chi connectivity index (χ2n) is 4.84. The number of hydrogen-bond acceptors (Lipinski definition) is 6. The Morgan fingerprint density at radius 2 is 2.32 bits per heavy atom. The van der Waals surface area contributed by atoms with Crippen LogP contribution in [0, 0.1) is 0 Å². The summed E-state index contributed by atoms with van der Waals surface area (Å²) < 4.78 is 6.91. The van der Waals surface area contributed by atoms with Crippen LogP contribution in [0.2, 0.25) is 0 Å². The lowest BCUT2D eigenvalue weighted by Gasteiger charge is -2.19. The number of aromatic nitrogens is 4. The van der Waals surface area contributed by atoms with E-state index in [0.717, 1.165) is 18.7 Å². The first-order chi connectivity index (χ1) is 9.14. The summed E-state index contributed by atoms with van der Waals surface area (Å²) >= 11 is 0. The lowest BCUT2D eigenvalue weighted by Crippen LogP contribution is -2.27. The maximum absolute atomic E-state index is 10.5. The number of aryl methyl sites for hydroxylation is 1. The Morgan fingerprint density at radius 1 is 1.47 bits per heavy atom. The maximum atomic E-state index is 10.5. The molecule has 2 N–H and O–H groups in total. The van der Waals surface area contributed by atoms with Gasteiger partial charge in [0.2, 0.25) is 5.65 Å². The lowest BCUT2D eigenvalue weighted by molar-refractivity contribution is 0.0186. The van der Waals surface area contributed by atoms with Crippen LogP contribution in [0.5, 0.6) is 5.88 Å². The maximum Gasteiger partial charge on any atom is 0.258 e. The molecule has 7 heteroatoms. The van der Waals surface area contributed by atoms with Gasteiger partial charge in [0.1, 0.15) is 11.4 Å². The molecule has 0 aromatic carbocycles. The summed E-state index contributed by atoms with van der Waals surface area (Å²) in [7, 11) is 0. The normalized spacial score (nSPS) is 23.3. The van der Waals surface area contributed by atoms with Gasteiger partial charge >= 0.3 is 0 Å². The predicted molar refractivity (Wildman–Crippen MR) is 65.8 cm³/mol. The quantitative estimate of drug-likeness (QED) is 0.833. The molecule has 1 atom stereocenters. The molecule has 1 aliphatic rings. The van der Waals surface area contributed by atoms with Gasteiger partial charge in [0.25, 0.3) is 5.88 Å². The molecular weight excluding hydrogens is 248 g/mol. The topological polar surface area (TPSA) is 92.8 Å². The fourth-order valence-electron chi connectivity index (χ4n) is 2.30. The first-order valence-electron chi connectivity index (χ1n) is 6.38. The standard InChI is InChI=1S/C12H16N4O3/c1-2-3-9-14-15-10-11(17)13-8(6-16(9)10)12(18)4-5-19-7-12/h6,18H,2-5,7H2,1H3,(H,13,17). The third-order valence-corrected chi connectivity index (χ3v) is 3.40. The molecule has 0 aliphatic carbocycles. The minimum Gasteiger partial charge on any atom is -0.491 e. The van der Waals surface area contributed by atoms with Gasteiger partial charge in [-0.3, -0.25) is 4.40 Å². The fraction of sp³-hybridized carbons (Fsp3) is 0.583. The summed E-state index contributed by atoms with van der Waals surface area (Å²) in [4.78, 5) is 4.03. The number of aromatic hydroxyl groups is 1. The Morgan fingerprint density at radius 3 is 3.00 bits per heavy atom. The van der Waals surface area contributed by atoms with Crippen LogP contribution in [0.25, 0.3) is 5.65 Å². The average molecular weight is 264 g/mol. The van der Waals surface area contributed by atoms with Crippen molar-refractivity contribution in [3.8, 4) is 5.88 Å². The molecule has 0 spiro atoms. The first kappa shape index (κ1) is 12.3. The summed E-state index contributed by atoms with van der Waals surface area (Å²) in [6, 6.07) is 0. The largest absolute Gasteiger partial charge is 0.491 e. The zero-order chi connectivity index (χ0) is 13.5. The molecule has 1 aliphatic heterocycles. The molecule has 0 saturated carbocycles. The van der Waals surface area contributed by atoms with Crippen LogP contribution in [-0.4, -0.2) is 43.0 Å². The highest BCUT2D eigenvalue weighted by Gasteiger charge is 2.37. The first-order valence-corrected chi connectivity index (χ1v) is 6.38. The highest BCUT2D eigenvalue weighted by atomic mass is 16.5. The number of hydrogen-bond donors (Lipinski definition) is 2. The van der Waals surface area contributed by atoms with Crippen LogP contribution in [-0.2, 0) is 16.8 Å². The predicted octanol–water partition coefficient (Wildman–Crippen LogP) is 0.390. The van der Waals surface area contributed by atoms with Crippen molar-refractivity contribution in [1.82, 2.24) is 19.6 Å². The molecule has 3 heterocycles. The van der Waals surface area contributed by atoms with Gasteiger partial charge in [0, 0.05) is 25.6 Å². The van der Waals surface area contributed by atoms with E-state index in [1.165, 1.54) is 0 Å². The van der Waals surface area contributed by atoms with Crippen molar-refractivity contribution >= 4 is 5.65 Å². The second-order valence-corrected chi connectivity index (χ2v) is 4.84. The van der Waals surface area contributed by atoms with Gasteiger partial charge in [0.05, 0.1) is 12.3 Å². The molecule has 2 aromatic heterocycles. The van der Waals surface area contributed by atoms with Gasteiger partial charge in [-0.15, -0.1) is 10.2 Å². The molecule has 1 unspecified atom stereocenters. The molecule has 2 aromatic rings. The smallest absolute Gasteiger partial charge is 0.258 e.